The summed E-state index contributed by atoms with van der Waals surface area (Å²) >= 11 is 12.5. The number of halogens is 2. The zero-order chi connectivity index (χ0) is 34.1. The van der Waals surface area contributed by atoms with Crippen LogP contribution in [0, 0.1) is 0 Å². The molecule has 2 amide bonds. The Balaban J connectivity index is 1.48. The van der Waals surface area contributed by atoms with Crippen molar-refractivity contribution in [3.05, 3.63) is 119 Å². The fourth-order valence-corrected chi connectivity index (χ4v) is 7.61. The highest BCUT2D eigenvalue weighted by Gasteiger charge is 2.34. The number of ether oxygens (including phenoxy) is 1. The molecule has 4 aromatic carbocycles. The average molecular weight is 709 g/mol. The number of carbonyl (C=O) groups excluding carboxylic acids is 2. The van der Waals surface area contributed by atoms with E-state index in [1.54, 1.807) is 60.7 Å². The van der Waals surface area contributed by atoms with E-state index < -0.39 is 28.5 Å². The lowest BCUT2D eigenvalue weighted by Gasteiger charge is -2.34. The lowest BCUT2D eigenvalue weighted by Crippen LogP contribution is -2.54. The molecule has 0 bridgehead atoms. The number of para-hydroxylation sites is 1. The molecule has 0 saturated heterocycles. The van der Waals surface area contributed by atoms with E-state index in [9.17, 15) is 18.0 Å². The molecule has 1 saturated carbocycles. The van der Waals surface area contributed by atoms with Crippen LogP contribution in [0.4, 0.5) is 5.69 Å². The van der Waals surface area contributed by atoms with Gasteiger partial charge in [-0.15, -0.1) is 0 Å². The maximum Gasteiger partial charge on any atom is 0.264 e. The molecule has 1 atom stereocenters. The number of benzene rings is 4. The Hall–Kier alpha value is -4.05. The van der Waals surface area contributed by atoms with Crippen LogP contribution in [-0.2, 0) is 26.2 Å². The summed E-state index contributed by atoms with van der Waals surface area (Å²) in [6.45, 7) is 1.31. The van der Waals surface area contributed by atoms with Crippen LogP contribution in [0.3, 0.4) is 0 Å². The number of carbonyl (C=O) groups is 2. The SMILES string of the molecule is CCC(C(=O)NC1CCCCC1)N(Cc1ccc(Cl)c(Cl)c1)C(=O)CN(c1ccc(Oc2ccccc2)cc1)S(=O)(=O)c1ccccc1. The zero-order valence-corrected chi connectivity index (χ0v) is 29.1. The van der Waals surface area contributed by atoms with E-state index in [1.165, 1.54) is 17.0 Å². The molecule has 1 unspecified atom stereocenters. The van der Waals surface area contributed by atoms with E-state index in [0.717, 1.165) is 36.4 Å². The van der Waals surface area contributed by atoms with Crippen LogP contribution < -0.4 is 14.4 Å². The summed E-state index contributed by atoms with van der Waals surface area (Å²) in [5, 5.41) is 3.83. The van der Waals surface area contributed by atoms with E-state index in [-0.39, 0.29) is 29.1 Å². The molecular formula is C37H39Cl2N3O5S. The van der Waals surface area contributed by atoms with Gasteiger partial charge in [0, 0.05) is 12.6 Å². The molecule has 1 fully saturated rings. The molecule has 0 heterocycles. The van der Waals surface area contributed by atoms with E-state index in [1.807, 2.05) is 37.3 Å². The quantitative estimate of drug-likeness (QED) is 0.151. The number of anilines is 1. The Morgan fingerprint density at radius 1 is 0.833 bits per heavy atom. The number of sulfonamides is 1. The van der Waals surface area contributed by atoms with Crippen molar-refractivity contribution in [2.24, 2.45) is 0 Å². The second-order valence-electron chi connectivity index (χ2n) is 11.8. The van der Waals surface area contributed by atoms with Crippen molar-refractivity contribution >= 4 is 50.7 Å². The standard InChI is InChI=1S/C37H39Cl2N3O5S/c1-2-35(37(44)40-28-12-6-3-7-13-28)41(25-27-18-23-33(38)34(39)24-27)36(43)26-42(48(45,46)32-16-10-5-11-17-32)29-19-21-31(22-20-29)47-30-14-8-4-9-15-30/h4-5,8-11,14-24,28,35H,2-3,6-7,12-13,25-26H2,1H3,(H,40,44). The monoisotopic (exact) mass is 707 g/mol. The minimum absolute atomic E-state index is 0.0232. The number of amides is 2. The Morgan fingerprint density at radius 3 is 2.08 bits per heavy atom. The molecule has 48 heavy (non-hydrogen) atoms. The lowest BCUT2D eigenvalue weighted by molar-refractivity contribution is -0.140. The molecular weight excluding hydrogens is 669 g/mol. The minimum Gasteiger partial charge on any atom is -0.457 e. The molecule has 0 radical (unpaired) electrons. The Morgan fingerprint density at radius 2 is 1.46 bits per heavy atom. The highest BCUT2D eigenvalue weighted by molar-refractivity contribution is 7.92. The van der Waals surface area contributed by atoms with Crippen LogP contribution in [0.1, 0.15) is 51.0 Å². The number of hydrogen-bond acceptors (Lipinski definition) is 5. The first-order chi connectivity index (χ1) is 23.2. The summed E-state index contributed by atoms with van der Waals surface area (Å²) in [5.41, 5.74) is 0.920. The van der Waals surface area contributed by atoms with Gasteiger partial charge in [0.25, 0.3) is 10.0 Å². The Kier molecular flexibility index (Phi) is 12.0. The van der Waals surface area contributed by atoms with Gasteiger partial charge in [-0.05, 0) is 85.5 Å². The Bertz CT molecular complexity index is 1790. The molecule has 252 valence electrons. The third kappa shape index (κ3) is 8.89. The van der Waals surface area contributed by atoms with Gasteiger partial charge in [-0.1, -0.05) is 91.9 Å². The first-order valence-electron chi connectivity index (χ1n) is 16.1. The minimum atomic E-state index is -4.21. The van der Waals surface area contributed by atoms with E-state index in [0.29, 0.717) is 33.5 Å². The summed E-state index contributed by atoms with van der Waals surface area (Å²) in [5.74, 6) is 0.317. The predicted octanol–water partition coefficient (Wildman–Crippen LogP) is 8.24. The fourth-order valence-electron chi connectivity index (χ4n) is 5.85. The summed E-state index contributed by atoms with van der Waals surface area (Å²) < 4.78 is 35.3. The first-order valence-corrected chi connectivity index (χ1v) is 18.3. The first kappa shape index (κ1) is 35.3. The van der Waals surface area contributed by atoms with E-state index >= 15 is 0 Å². The van der Waals surface area contributed by atoms with Crippen molar-refractivity contribution in [2.75, 3.05) is 10.8 Å². The van der Waals surface area contributed by atoms with Gasteiger partial charge in [-0.25, -0.2) is 8.42 Å². The number of rotatable bonds is 13. The molecule has 0 spiro atoms. The lowest BCUT2D eigenvalue weighted by atomic mass is 9.95. The summed E-state index contributed by atoms with van der Waals surface area (Å²) in [4.78, 5) is 29.7. The maximum atomic E-state index is 14.4. The van der Waals surface area contributed by atoms with Gasteiger partial charge >= 0.3 is 0 Å². The summed E-state index contributed by atoms with van der Waals surface area (Å²) in [6.07, 6.45) is 5.30. The van der Waals surface area contributed by atoms with Crippen LogP contribution in [0.2, 0.25) is 10.0 Å². The Labute approximate surface area is 292 Å². The molecule has 0 aliphatic heterocycles. The largest absolute Gasteiger partial charge is 0.457 e. The fraction of sp³-hybridized carbons (Fsp3) is 0.297. The van der Waals surface area contributed by atoms with Crippen LogP contribution >= 0.6 is 23.2 Å². The molecule has 8 nitrogen and oxygen atoms in total. The van der Waals surface area contributed by atoms with Gasteiger partial charge in [0.1, 0.15) is 24.1 Å². The predicted molar refractivity (Wildman–Crippen MR) is 190 cm³/mol. The van der Waals surface area contributed by atoms with Gasteiger partial charge < -0.3 is 15.0 Å². The highest BCUT2D eigenvalue weighted by Crippen LogP contribution is 2.29. The van der Waals surface area contributed by atoms with Crippen molar-refractivity contribution in [2.45, 2.75) is 69.0 Å². The second-order valence-corrected chi connectivity index (χ2v) is 14.4. The molecule has 0 aromatic heterocycles. The van der Waals surface area contributed by atoms with Crippen LogP contribution in [0.15, 0.2) is 108 Å². The van der Waals surface area contributed by atoms with Gasteiger partial charge in [-0.3, -0.25) is 13.9 Å². The van der Waals surface area contributed by atoms with E-state index in [4.69, 9.17) is 27.9 Å². The third-order valence-electron chi connectivity index (χ3n) is 8.39. The highest BCUT2D eigenvalue weighted by atomic mass is 35.5. The smallest absolute Gasteiger partial charge is 0.264 e. The van der Waals surface area contributed by atoms with Gasteiger partial charge in [0.2, 0.25) is 11.8 Å². The van der Waals surface area contributed by atoms with Crippen molar-refractivity contribution < 1.29 is 22.7 Å². The van der Waals surface area contributed by atoms with Gasteiger partial charge in [-0.2, -0.15) is 0 Å². The number of nitrogens with zero attached hydrogens (tertiary/aromatic N) is 2. The van der Waals surface area contributed by atoms with Gasteiger partial charge in [0.05, 0.1) is 20.6 Å². The van der Waals surface area contributed by atoms with Crippen molar-refractivity contribution in [3.63, 3.8) is 0 Å². The second kappa shape index (κ2) is 16.4. The van der Waals surface area contributed by atoms with Crippen LogP contribution in [0.5, 0.6) is 11.5 Å². The normalized spacial score (nSPS) is 14.1. The average Bonchev–Trinajstić information content (AvgIpc) is 3.10. The summed E-state index contributed by atoms with van der Waals surface area (Å²) in [7, 11) is -4.21. The molecule has 1 aliphatic carbocycles. The van der Waals surface area contributed by atoms with Crippen LogP contribution in [-0.4, -0.2) is 43.8 Å². The van der Waals surface area contributed by atoms with Crippen molar-refractivity contribution in [3.8, 4) is 11.5 Å². The molecule has 11 heteroatoms. The van der Waals surface area contributed by atoms with E-state index in [2.05, 4.69) is 5.32 Å². The maximum absolute atomic E-state index is 14.4. The number of hydrogen-bond donors (Lipinski definition) is 1. The molecule has 1 aliphatic rings. The zero-order valence-electron chi connectivity index (χ0n) is 26.7. The molecule has 5 rings (SSSR count). The third-order valence-corrected chi connectivity index (χ3v) is 10.9. The number of nitrogens with one attached hydrogen (secondary N) is 1. The van der Waals surface area contributed by atoms with Crippen molar-refractivity contribution in [1.82, 2.24) is 10.2 Å². The molecule has 1 N–H and O–H groups in total. The summed E-state index contributed by atoms with van der Waals surface area (Å²) in [6, 6.07) is 27.9. The molecule has 4 aromatic rings. The van der Waals surface area contributed by atoms with Gasteiger partial charge in [0.15, 0.2) is 0 Å². The van der Waals surface area contributed by atoms with Crippen molar-refractivity contribution in [1.29, 1.82) is 0 Å². The topological polar surface area (TPSA) is 96.0 Å². The van der Waals surface area contributed by atoms with Crippen LogP contribution in [0.25, 0.3) is 0 Å².